The minimum absolute atomic E-state index is 0.0353. The van der Waals surface area contributed by atoms with E-state index in [2.05, 4.69) is 25.9 Å². The molecule has 0 fully saturated rings. The smallest absolute Gasteiger partial charge is 0.255 e. The second-order valence-electron chi connectivity index (χ2n) is 8.40. The lowest BCUT2D eigenvalue weighted by Crippen LogP contribution is -2.36. The number of aromatic amines is 1. The van der Waals surface area contributed by atoms with Gasteiger partial charge in [-0.25, -0.2) is 0 Å². The Morgan fingerprint density at radius 2 is 1.89 bits per heavy atom. The molecule has 3 aromatic carbocycles. The van der Waals surface area contributed by atoms with E-state index < -0.39 is 0 Å². The number of H-pyrrole nitrogens is 1. The van der Waals surface area contributed by atoms with Gasteiger partial charge in [-0.1, -0.05) is 18.2 Å². The zero-order valence-corrected chi connectivity index (χ0v) is 18.6. The Bertz CT molecular complexity index is 1560. The molecule has 0 spiro atoms. The molecule has 0 atom stereocenters. The maximum Gasteiger partial charge on any atom is 0.255 e. The summed E-state index contributed by atoms with van der Waals surface area (Å²) in [6, 6.07) is 20.2. The molecule has 0 saturated carbocycles. The number of aromatic nitrogens is 4. The molecule has 2 N–H and O–H groups in total. The van der Waals surface area contributed by atoms with Gasteiger partial charge in [-0.3, -0.25) is 9.59 Å². The van der Waals surface area contributed by atoms with Gasteiger partial charge in [0.05, 0.1) is 6.26 Å². The average molecular weight is 464 g/mol. The van der Waals surface area contributed by atoms with E-state index in [1.54, 1.807) is 24.5 Å². The number of tetrazole rings is 1. The van der Waals surface area contributed by atoms with Gasteiger partial charge in [-0.2, -0.15) is 5.21 Å². The van der Waals surface area contributed by atoms with Gasteiger partial charge in [-0.05, 0) is 71.3 Å². The third-order valence-corrected chi connectivity index (χ3v) is 6.19. The highest BCUT2D eigenvalue weighted by Crippen LogP contribution is 2.25. The predicted octanol–water partition coefficient (Wildman–Crippen LogP) is 4.06. The van der Waals surface area contributed by atoms with Crippen molar-refractivity contribution >= 4 is 28.5 Å². The largest absolute Gasteiger partial charge is 0.464 e. The second-order valence-corrected chi connectivity index (χ2v) is 8.40. The van der Waals surface area contributed by atoms with E-state index in [1.807, 2.05) is 53.4 Å². The molecule has 5 aromatic rings. The Kier molecular flexibility index (Phi) is 5.07. The van der Waals surface area contributed by atoms with Gasteiger partial charge in [0.25, 0.3) is 11.8 Å². The molecule has 172 valence electrons. The number of nitrogens with one attached hydrogen (secondary N) is 2. The van der Waals surface area contributed by atoms with Gasteiger partial charge in [0.2, 0.25) is 5.82 Å². The van der Waals surface area contributed by atoms with E-state index in [4.69, 9.17) is 4.42 Å². The molecule has 0 aliphatic carbocycles. The van der Waals surface area contributed by atoms with Crippen molar-refractivity contribution in [3.63, 3.8) is 0 Å². The van der Waals surface area contributed by atoms with Crippen molar-refractivity contribution in [1.82, 2.24) is 25.5 Å². The summed E-state index contributed by atoms with van der Waals surface area (Å²) in [7, 11) is 0. The lowest BCUT2D eigenvalue weighted by molar-refractivity contribution is 0.0735. The maximum atomic E-state index is 13.2. The van der Waals surface area contributed by atoms with Gasteiger partial charge in [-0.15, -0.1) is 10.2 Å². The van der Waals surface area contributed by atoms with Crippen LogP contribution < -0.4 is 5.32 Å². The molecule has 0 bridgehead atoms. The summed E-state index contributed by atoms with van der Waals surface area (Å²) in [5, 5.41) is 17.8. The van der Waals surface area contributed by atoms with Gasteiger partial charge in [0, 0.05) is 40.9 Å². The number of benzene rings is 3. The summed E-state index contributed by atoms with van der Waals surface area (Å²) >= 11 is 0. The van der Waals surface area contributed by atoms with Crippen molar-refractivity contribution in [3.8, 4) is 11.4 Å². The molecule has 0 unspecified atom stereocenters. The molecule has 35 heavy (non-hydrogen) atoms. The Morgan fingerprint density at radius 3 is 2.77 bits per heavy atom. The standard InChI is InChI=1S/C26H20N6O3/c33-25(27-22-3-1-2-18(14-22)24-28-30-31-29-24)19-5-4-16-8-10-32(15-21(16)13-19)26(34)20-6-7-23-17(12-20)9-11-35-23/h1-7,9,11-14H,8,10,15H2,(H,27,33)(H,28,29,30,31). The maximum absolute atomic E-state index is 13.2. The quantitative estimate of drug-likeness (QED) is 0.414. The molecule has 3 heterocycles. The normalized spacial score (nSPS) is 13.0. The molecule has 2 aromatic heterocycles. The van der Waals surface area contributed by atoms with Crippen LogP contribution in [0.1, 0.15) is 31.8 Å². The van der Waals surface area contributed by atoms with E-state index >= 15 is 0 Å². The molecule has 6 rings (SSSR count). The van der Waals surface area contributed by atoms with Crippen molar-refractivity contribution < 1.29 is 14.0 Å². The van der Waals surface area contributed by atoms with Crippen LogP contribution in [-0.2, 0) is 13.0 Å². The van der Waals surface area contributed by atoms with Crippen LogP contribution in [0.15, 0.2) is 77.4 Å². The highest BCUT2D eigenvalue weighted by molar-refractivity contribution is 6.04. The van der Waals surface area contributed by atoms with Gasteiger partial charge in [0.1, 0.15) is 5.58 Å². The lowest BCUT2D eigenvalue weighted by atomic mass is 9.96. The van der Waals surface area contributed by atoms with Crippen molar-refractivity contribution in [2.75, 3.05) is 11.9 Å². The zero-order valence-electron chi connectivity index (χ0n) is 18.6. The fraction of sp³-hybridized carbons (Fsp3) is 0.115. The molecular weight excluding hydrogens is 444 g/mol. The minimum Gasteiger partial charge on any atom is -0.464 e. The SMILES string of the molecule is O=C(Nc1cccc(-c2nn[nH]n2)c1)c1ccc2c(c1)CN(C(=O)c1ccc3occc3c1)CC2. The number of rotatable bonds is 4. The number of hydrogen-bond acceptors (Lipinski definition) is 6. The number of fused-ring (bicyclic) bond motifs is 2. The number of carbonyl (C=O) groups is 2. The van der Waals surface area contributed by atoms with E-state index in [0.29, 0.717) is 35.7 Å². The lowest BCUT2D eigenvalue weighted by Gasteiger charge is -2.29. The Hall–Kier alpha value is -4.79. The zero-order chi connectivity index (χ0) is 23.8. The summed E-state index contributed by atoms with van der Waals surface area (Å²) in [6.07, 6.45) is 2.35. The first-order valence-corrected chi connectivity index (χ1v) is 11.2. The average Bonchev–Trinajstić information content (AvgIpc) is 3.60. The van der Waals surface area contributed by atoms with E-state index in [-0.39, 0.29) is 11.8 Å². The molecule has 0 saturated heterocycles. The van der Waals surface area contributed by atoms with Crippen molar-refractivity contribution in [1.29, 1.82) is 0 Å². The molecule has 9 heteroatoms. The predicted molar refractivity (Wildman–Crippen MR) is 129 cm³/mol. The first kappa shape index (κ1) is 20.8. The molecule has 1 aliphatic heterocycles. The third-order valence-electron chi connectivity index (χ3n) is 6.19. The van der Waals surface area contributed by atoms with Crippen LogP contribution in [0.5, 0.6) is 0 Å². The van der Waals surface area contributed by atoms with Crippen LogP contribution >= 0.6 is 0 Å². The van der Waals surface area contributed by atoms with Crippen LogP contribution in [-0.4, -0.2) is 43.9 Å². The van der Waals surface area contributed by atoms with Crippen LogP contribution in [0.3, 0.4) is 0 Å². The highest BCUT2D eigenvalue weighted by Gasteiger charge is 2.23. The number of furan rings is 1. The van der Waals surface area contributed by atoms with Gasteiger partial charge < -0.3 is 14.6 Å². The number of anilines is 1. The highest BCUT2D eigenvalue weighted by atomic mass is 16.3. The molecule has 1 aliphatic rings. The van der Waals surface area contributed by atoms with Crippen molar-refractivity contribution in [2.45, 2.75) is 13.0 Å². The Labute approximate surface area is 199 Å². The monoisotopic (exact) mass is 464 g/mol. The number of hydrogen-bond donors (Lipinski definition) is 2. The van der Waals surface area contributed by atoms with E-state index in [9.17, 15) is 9.59 Å². The molecule has 9 nitrogen and oxygen atoms in total. The number of nitrogens with zero attached hydrogens (tertiary/aromatic N) is 4. The molecular formula is C26H20N6O3. The van der Waals surface area contributed by atoms with Crippen molar-refractivity contribution in [3.05, 3.63) is 95.2 Å². The molecule has 0 radical (unpaired) electrons. The minimum atomic E-state index is -0.230. The Morgan fingerprint density at radius 1 is 0.971 bits per heavy atom. The van der Waals surface area contributed by atoms with E-state index in [0.717, 1.165) is 34.1 Å². The summed E-state index contributed by atoms with van der Waals surface area (Å²) in [4.78, 5) is 28.0. The van der Waals surface area contributed by atoms with Gasteiger partial charge >= 0.3 is 0 Å². The summed E-state index contributed by atoms with van der Waals surface area (Å²) in [5.41, 5.74) is 5.40. The fourth-order valence-corrected chi connectivity index (χ4v) is 4.38. The van der Waals surface area contributed by atoms with Crippen LogP contribution in [0, 0.1) is 0 Å². The first-order valence-electron chi connectivity index (χ1n) is 11.2. The van der Waals surface area contributed by atoms with Crippen LogP contribution in [0.4, 0.5) is 5.69 Å². The second kappa shape index (κ2) is 8.53. The summed E-state index contributed by atoms with van der Waals surface area (Å²) in [5.74, 6) is 0.186. The molecule has 2 amide bonds. The van der Waals surface area contributed by atoms with E-state index in [1.165, 1.54) is 0 Å². The third kappa shape index (κ3) is 4.04. The topological polar surface area (TPSA) is 117 Å². The summed E-state index contributed by atoms with van der Waals surface area (Å²) in [6.45, 7) is 1.08. The summed E-state index contributed by atoms with van der Waals surface area (Å²) < 4.78 is 5.37. The van der Waals surface area contributed by atoms with Crippen LogP contribution in [0.25, 0.3) is 22.4 Å². The van der Waals surface area contributed by atoms with Crippen molar-refractivity contribution in [2.24, 2.45) is 0 Å². The Balaban J connectivity index is 1.19. The number of carbonyl (C=O) groups excluding carboxylic acids is 2. The van der Waals surface area contributed by atoms with Gasteiger partial charge in [0.15, 0.2) is 0 Å². The fourth-order valence-electron chi connectivity index (χ4n) is 4.38. The number of amides is 2. The van der Waals surface area contributed by atoms with Crippen LogP contribution in [0.2, 0.25) is 0 Å². The first-order chi connectivity index (χ1) is 17.1.